The average Bonchev–Trinajstić information content (AvgIpc) is 3.06. The van der Waals surface area contributed by atoms with Crippen molar-refractivity contribution >= 4 is 39.3 Å². The van der Waals surface area contributed by atoms with Gasteiger partial charge in [-0.1, -0.05) is 23.7 Å². The van der Waals surface area contributed by atoms with Crippen LogP contribution in [0.15, 0.2) is 53.4 Å². The van der Waals surface area contributed by atoms with E-state index in [-0.39, 0.29) is 35.5 Å². The van der Waals surface area contributed by atoms with Crippen molar-refractivity contribution in [2.45, 2.75) is 87.6 Å². The van der Waals surface area contributed by atoms with Crippen LogP contribution in [-0.4, -0.2) is 82.5 Å². The molecule has 1 spiro atoms. The fourth-order valence-corrected chi connectivity index (χ4v) is 8.87. The zero-order valence-electron chi connectivity index (χ0n) is 28.5. The number of benzene rings is 2. The lowest BCUT2D eigenvalue weighted by Gasteiger charge is -2.45. The zero-order valence-corrected chi connectivity index (χ0v) is 30.1. The van der Waals surface area contributed by atoms with Gasteiger partial charge >= 0.3 is 6.09 Å². The van der Waals surface area contributed by atoms with Gasteiger partial charge in [-0.3, -0.25) is 4.79 Å². The number of carbonyl (C=O) groups is 2. The summed E-state index contributed by atoms with van der Waals surface area (Å²) >= 11 is 6.35. The molecule has 7 rings (SSSR count). The molecule has 2 aliphatic carbocycles. The maximum absolute atomic E-state index is 13.7. The maximum Gasteiger partial charge on any atom is 0.410 e. The van der Waals surface area contributed by atoms with Crippen molar-refractivity contribution in [2.24, 2.45) is 11.8 Å². The number of sulfonamides is 1. The highest BCUT2D eigenvalue weighted by Crippen LogP contribution is 2.43. The Morgan fingerprint density at radius 1 is 1.06 bits per heavy atom. The predicted molar refractivity (Wildman–Crippen MR) is 188 cm³/mol. The number of anilines is 1. The van der Waals surface area contributed by atoms with Gasteiger partial charge in [-0.2, -0.15) is 0 Å². The second kappa shape index (κ2) is 14.7. The number of hydrogen-bond donors (Lipinski definition) is 1. The summed E-state index contributed by atoms with van der Waals surface area (Å²) in [6.45, 7) is 5.21. The number of hydrogen-bond acceptors (Lipinski definition) is 9. The molecule has 13 heteroatoms. The van der Waals surface area contributed by atoms with Crippen molar-refractivity contribution in [3.05, 3.63) is 64.7 Å². The van der Waals surface area contributed by atoms with E-state index in [4.69, 9.17) is 30.5 Å². The summed E-state index contributed by atoms with van der Waals surface area (Å²) in [5, 5.41) is 0.680. The minimum atomic E-state index is -4.22. The molecule has 50 heavy (non-hydrogen) atoms. The molecule has 2 amide bonds. The van der Waals surface area contributed by atoms with Crippen LogP contribution in [0.25, 0.3) is 0 Å². The third-order valence-corrected chi connectivity index (χ3v) is 12.5. The van der Waals surface area contributed by atoms with Crippen molar-refractivity contribution in [3.63, 3.8) is 0 Å². The van der Waals surface area contributed by atoms with Crippen LogP contribution in [0, 0.1) is 11.8 Å². The summed E-state index contributed by atoms with van der Waals surface area (Å²) in [6, 6.07) is 10.6. The van der Waals surface area contributed by atoms with Crippen molar-refractivity contribution in [1.82, 2.24) is 9.62 Å². The number of carbonyl (C=O) groups excluding carboxylic acids is 2. The van der Waals surface area contributed by atoms with Gasteiger partial charge in [0.05, 0.1) is 36.4 Å². The lowest BCUT2D eigenvalue weighted by molar-refractivity contribution is -0.155. The molecule has 3 heterocycles. The summed E-state index contributed by atoms with van der Waals surface area (Å²) < 4.78 is 54.1. The van der Waals surface area contributed by atoms with E-state index in [1.54, 1.807) is 23.1 Å². The molecule has 1 N–H and O–H groups in total. The maximum atomic E-state index is 13.7. The van der Waals surface area contributed by atoms with Crippen LogP contribution in [0.3, 0.4) is 0 Å². The number of rotatable bonds is 3. The number of ether oxygens (including phenoxy) is 4. The second-order valence-electron chi connectivity index (χ2n) is 14.1. The Kier molecular flexibility index (Phi) is 10.3. The van der Waals surface area contributed by atoms with E-state index in [2.05, 4.69) is 9.62 Å². The van der Waals surface area contributed by atoms with E-state index >= 15 is 0 Å². The van der Waals surface area contributed by atoms with E-state index in [0.29, 0.717) is 68.7 Å². The highest BCUT2D eigenvalue weighted by molar-refractivity contribution is 7.90. The Morgan fingerprint density at radius 2 is 1.90 bits per heavy atom. The number of nitrogens with one attached hydrogen (secondary N) is 1. The van der Waals surface area contributed by atoms with E-state index in [0.717, 1.165) is 49.7 Å². The zero-order chi connectivity index (χ0) is 34.9. The number of halogens is 1. The second-order valence-corrected chi connectivity index (χ2v) is 16.2. The summed E-state index contributed by atoms with van der Waals surface area (Å²) in [6.07, 6.45) is 8.85. The Bertz CT molecular complexity index is 1720. The van der Waals surface area contributed by atoms with Crippen molar-refractivity contribution in [2.75, 3.05) is 44.3 Å². The lowest BCUT2D eigenvalue weighted by atomic mass is 9.70. The molecule has 2 aromatic rings. The monoisotopic (exact) mass is 727 g/mol. The first-order valence-corrected chi connectivity index (χ1v) is 19.7. The van der Waals surface area contributed by atoms with E-state index < -0.39 is 27.6 Å². The summed E-state index contributed by atoms with van der Waals surface area (Å²) in [4.78, 5) is 30.7. The number of aryl methyl sites for hydroxylation is 1. The summed E-state index contributed by atoms with van der Waals surface area (Å²) in [5.41, 5.74) is 1.58. The van der Waals surface area contributed by atoms with Gasteiger partial charge < -0.3 is 28.7 Å². The van der Waals surface area contributed by atoms with Crippen LogP contribution in [0.4, 0.5) is 10.5 Å². The number of likely N-dealkylation sites (tertiary alicyclic amines) is 1. The highest BCUT2D eigenvalue weighted by Gasteiger charge is 2.47. The van der Waals surface area contributed by atoms with Gasteiger partial charge in [-0.05, 0) is 112 Å². The Morgan fingerprint density at radius 3 is 2.64 bits per heavy atom. The fourth-order valence-electron chi connectivity index (χ4n) is 7.62. The third kappa shape index (κ3) is 7.35. The lowest BCUT2D eigenvalue weighted by Crippen LogP contribution is -2.56. The molecule has 0 unspecified atom stereocenters. The third-order valence-electron chi connectivity index (χ3n) is 10.9. The van der Waals surface area contributed by atoms with Crippen LogP contribution in [0.1, 0.15) is 63.0 Å². The molecule has 1 saturated heterocycles. The molecular weight excluding hydrogens is 682 g/mol. The van der Waals surface area contributed by atoms with Crippen molar-refractivity contribution in [1.29, 1.82) is 0 Å². The minimum Gasteiger partial charge on any atom is -0.487 e. The van der Waals surface area contributed by atoms with Gasteiger partial charge in [0.15, 0.2) is 0 Å². The number of nitrogens with zero attached hydrogens (tertiary/aromatic N) is 2. The SMILES string of the molecule is CCOC1CN(C(=O)O[C@H]2/C=C/COC3(CCC3)C(=O)NS(=O)(=O)c3ccc4c(c3)N(CCCCc3cc(Cl)ccc3CO4)C[C@@H]3CC[C@H]32)C1. The first-order chi connectivity index (χ1) is 24.1. The molecule has 2 saturated carbocycles. The van der Waals surface area contributed by atoms with Crippen LogP contribution >= 0.6 is 11.6 Å². The van der Waals surface area contributed by atoms with Crippen molar-refractivity contribution < 1.29 is 37.0 Å². The van der Waals surface area contributed by atoms with Crippen LogP contribution in [0.5, 0.6) is 5.75 Å². The summed E-state index contributed by atoms with van der Waals surface area (Å²) in [7, 11) is -4.22. The first-order valence-electron chi connectivity index (χ1n) is 17.9. The normalized spacial score (nSPS) is 27.1. The van der Waals surface area contributed by atoms with Gasteiger partial charge in [0.25, 0.3) is 15.9 Å². The smallest absolute Gasteiger partial charge is 0.410 e. The largest absolute Gasteiger partial charge is 0.487 e. The standard InChI is InChI=1S/C37H46ClN3O8S/c1-2-46-29-22-41(23-29)36(43)49-33-8-5-18-48-37(15-6-16-37)35(42)39-50(44,45)30-12-14-34-32(20-30)40(21-26-10-13-31(26)33)17-4-3-7-25-19-28(38)11-9-27(25)24-47-34/h5,8-9,11-12,14,19-20,26,29,31,33H,2-4,6-7,10,13,15-18,21-24H2,1H3,(H,39,42)/b8-5+/t26-,31+,33-/m0/s1. The molecular formula is C37H46ClN3O8S. The van der Waals surface area contributed by atoms with E-state index in [9.17, 15) is 18.0 Å². The first kappa shape index (κ1) is 35.1. The molecule has 2 aromatic carbocycles. The van der Waals surface area contributed by atoms with E-state index in [1.165, 1.54) is 6.07 Å². The molecule has 11 nitrogen and oxygen atoms in total. The van der Waals surface area contributed by atoms with Gasteiger partial charge in [-0.15, -0.1) is 0 Å². The highest BCUT2D eigenvalue weighted by atomic mass is 35.5. The van der Waals surface area contributed by atoms with E-state index in [1.807, 2.05) is 31.2 Å². The molecule has 3 atom stereocenters. The minimum absolute atomic E-state index is 0.0152. The molecule has 270 valence electrons. The average molecular weight is 728 g/mol. The van der Waals surface area contributed by atoms with Gasteiger partial charge in [-0.25, -0.2) is 17.9 Å². The Balaban J connectivity index is 1.22. The topological polar surface area (TPSA) is 124 Å². The number of fused-ring (bicyclic) bond motifs is 3. The molecule has 0 aromatic heterocycles. The fraction of sp³-hybridized carbons (Fsp3) is 0.568. The molecule has 0 radical (unpaired) electrons. The van der Waals surface area contributed by atoms with Crippen LogP contribution < -0.4 is 14.4 Å². The molecule has 2 bridgehead atoms. The predicted octanol–water partition coefficient (Wildman–Crippen LogP) is 5.63. The Labute approximate surface area is 299 Å². The molecule has 3 aliphatic heterocycles. The van der Waals surface area contributed by atoms with Gasteiger partial charge in [0.1, 0.15) is 24.1 Å². The van der Waals surface area contributed by atoms with Crippen LogP contribution in [-0.2, 0) is 42.1 Å². The number of amides is 2. The van der Waals surface area contributed by atoms with Gasteiger partial charge in [0, 0.05) is 30.6 Å². The quantitative estimate of drug-likeness (QED) is 0.401. The van der Waals surface area contributed by atoms with Crippen molar-refractivity contribution in [3.8, 4) is 5.75 Å². The van der Waals surface area contributed by atoms with Gasteiger partial charge in [0.2, 0.25) is 0 Å². The van der Waals surface area contributed by atoms with Crippen LogP contribution in [0.2, 0.25) is 5.02 Å². The summed E-state index contributed by atoms with van der Waals surface area (Å²) in [5.74, 6) is 0.103. The molecule has 5 aliphatic rings. The Hall–Kier alpha value is -3.32. The molecule has 3 fully saturated rings.